The minimum Gasteiger partial charge on any atom is -0.378 e. The number of morpholine rings is 1. The topological polar surface area (TPSA) is 85.5 Å². The van der Waals surface area contributed by atoms with Crippen LogP contribution in [-0.2, 0) is 14.8 Å². The molecule has 0 saturated carbocycles. The van der Waals surface area contributed by atoms with E-state index in [0.29, 0.717) is 32.1 Å². The Kier molecular flexibility index (Phi) is 3.08. The minimum absolute atomic E-state index is 0.0666. The second kappa shape index (κ2) is 4.36. The second-order valence-corrected chi connectivity index (χ2v) is 5.00. The first-order valence-corrected chi connectivity index (χ1v) is 6.44. The van der Waals surface area contributed by atoms with Gasteiger partial charge in [-0.15, -0.1) is 0 Å². The lowest BCUT2D eigenvalue weighted by atomic mass is 10.4. The number of rotatable bonds is 2. The molecule has 1 aliphatic rings. The maximum atomic E-state index is 11.4. The van der Waals surface area contributed by atoms with Crippen LogP contribution in [0.2, 0.25) is 0 Å². The van der Waals surface area contributed by atoms with Gasteiger partial charge >= 0.3 is 0 Å². The van der Waals surface area contributed by atoms with Crippen molar-refractivity contribution in [2.75, 3.05) is 31.2 Å². The summed E-state index contributed by atoms with van der Waals surface area (Å²) in [6.07, 6.45) is 1.56. The van der Waals surface area contributed by atoms with Crippen LogP contribution in [0.25, 0.3) is 0 Å². The van der Waals surface area contributed by atoms with Crippen LogP contribution in [0.15, 0.2) is 23.2 Å². The van der Waals surface area contributed by atoms with E-state index in [1.54, 1.807) is 12.3 Å². The number of anilines is 1. The fourth-order valence-corrected chi connectivity index (χ4v) is 2.32. The number of hydrogen-bond acceptors (Lipinski definition) is 5. The molecule has 0 amide bonds. The molecule has 0 unspecified atom stereocenters. The van der Waals surface area contributed by atoms with Gasteiger partial charge in [-0.2, -0.15) is 0 Å². The molecule has 0 radical (unpaired) electrons. The van der Waals surface area contributed by atoms with E-state index in [-0.39, 0.29) is 4.90 Å². The van der Waals surface area contributed by atoms with Crippen LogP contribution < -0.4 is 10.0 Å². The first-order valence-electron chi connectivity index (χ1n) is 4.89. The molecule has 7 heteroatoms. The summed E-state index contributed by atoms with van der Waals surface area (Å²) in [6.45, 7) is 2.39. The predicted molar refractivity (Wildman–Crippen MR) is 58.6 cm³/mol. The maximum absolute atomic E-state index is 11.4. The van der Waals surface area contributed by atoms with Gasteiger partial charge in [0, 0.05) is 19.3 Å². The SMILES string of the molecule is NS(=O)(=O)c1cccnc1N1CCOCC1. The third-order valence-electron chi connectivity index (χ3n) is 2.37. The van der Waals surface area contributed by atoms with Crippen LogP contribution in [0.3, 0.4) is 0 Å². The Balaban J connectivity index is 2.40. The number of sulfonamides is 1. The molecule has 16 heavy (non-hydrogen) atoms. The molecule has 0 spiro atoms. The van der Waals surface area contributed by atoms with Gasteiger partial charge in [-0.05, 0) is 12.1 Å². The first kappa shape index (κ1) is 11.3. The van der Waals surface area contributed by atoms with Crippen LogP contribution in [0.4, 0.5) is 5.82 Å². The molecule has 1 aromatic heterocycles. The van der Waals surface area contributed by atoms with Gasteiger partial charge in [0.15, 0.2) is 0 Å². The molecule has 88 valence electrons. The Morgan fingerprint density at radius 1 is 1.38 bits per heavy atom. The summed E-state index contributed by atoms with van der Waals surface area (Å²) < 4.78 is 27.9. The molecule has 1 saturated heterocycles. The molecule has 0 bridgehead atoms. The van der Waals surface area contributed by atoms with Crippen molar-refractivity contribution in [3.05, 3.63) is 18.3 Å². The summed E-state index contributed by atoms with van der Waals surface area (Å²) >= 11 is 0. The Bertz CT molecular complexity index is 469. The summed E-state index contributed by atoms with van der Waals surface area (Å²) in [6, 6.07) is 3.02. The van der Waals surface area contributed by atoms with Crippen molar-refractivity contribution in [2.24, 2.45) is 5.14 Å². The van der Waals surface area contributed by atoms with Gasteiger partial charge in [0.2, 0.25) is 10.0 Å². The highest BCUT2D eigenvalue weighted by atomic mass is 32.2. The fraction of sp³-hybridized carbons (Fsp3) is 0.444. The third-order valence-corrected chi connectivity index (χ3v) is 3.30. The van der Waals surface area contributed by atoms with E-state index in [1.165, 1.54) is 6.07 Å². The maximum Gasteiger partial charge on any atom is 0.241 e. The lowest BCUT2D eigenvalue weighted by molar-refractivity contribution is 0.122. The average Bonchev–Trinajstić information content (AvgIpc) is 2.29. The molecule has 2 rings (SSSR count). The minimum atomic E-state index is -3.73. The zero-order valence-electron chi connectivity index (χ0n) is 8.67. The Labute approximate surface area is 94.1 Å². The highest BCUT2D eigenvalue weighted by Gasteiger charge is 2.21. The van der Waals surface area contributed by atoms with E-state index in [0.717, 1.165) is 0 Å². The van der Waals surface area contributed by atoms with Crippen LogP contribution >= 0.6 is 0 Å². The van der Waals surface area contributed by atoms with Gasteiger partial charge in [0.1, 0.15) is 10.7 Å². The number of hydrogen-bond donors (Lipinski definition) is 1. The van der Waals surface area contributed by atoms with Gasteiger partial charge in [0.05, 0.1) is 13.2 Å². The predicted octanol–water partition coefficient (Wildman–Crippen LogP) is -0.434. The van der Waals surface area contributed by atoms with Gasteiger partial charge in [-0.25, -0.2) is 18.5 Å². The highest BCUT2D eigenvalue weighted by Crippen LogP contribution is 2.21. The van der Waals surface area contributed by atoms with Crippen molar-refractivity contribution in [2.45, 2.75) is 4.90 Å². The Morgan fingerprint density at radius 2 is 2.06 bits per heavy atom. The van der Waals surface area contributed by atoms with Crippen molar-refractivity contribution in [3.8, 4) is 0 Å². The standard InChI is InChI=1S/C9H13N3O3S/c10-16(13,14)8-2-1-3-11-9(8)12-4-6-15-7-5-12/h1-3H,4-7H2,(H2,10,13,14). The number of ether oxygens (including phenoxy) is 1. The average molecular weight is 243 g/mol. The van der Waals surface area contributed by atoms with Crippen LogP contribution in [0.5, 0.6) is 0 Å². The lowest BCUT2D eigenvalue weighted by Gasteiger charge is -2.28. The normalized spacial score (nSPS) is 17.4. The van der Waals surface area contributed by atoms with Crippen molar-refractivity contribution >= 4 is 15.8 Å². The van der Waals surface area contributed by atoms with E-state index in [4.69, 9.17) is 9.88 Å². The molecule has 2 heterocycles. The smallest absolute Gasteiger partial charge is 0.241 e. The second-order valence-electron chi connectivity index (χ2n) is 3.47. The van der Waals surface area contributed by atoms with Gasteiger partial charge in [0.25, 0.3) is 0 Å². The summed E-state index contributed by atoms with van der Waals surface area (Å²) in [5, 5.41) is 5.14. The van der Waals surface area contributed by atoms with Gasteiger partial charge in [-0.3, -0.25) is 0 Å². The number of nitrogens with two attached hydrogens (primary N) is 1. The molecular weight excluding hydrogens is 230 g/mol. The molecule has 0 aromatic carbocycles. The summed E-state index contributed by atoms with van der Waals surface area (Å²) in [4.78, 5) is 6.01. The Hall–Kier alpha value is -1.18. The lowest BCUT2D eigenvalue weighted by Crippen LogP contribution is -2.38. The van der Waals surface area contributed by atoms with E-state index in [2.05, 4.69) is 4.98 Å². The van der Waals surface area contributed by atoms with Crippen molar-refractivity contribution in [1.82, 2.24) is 4.98 Å². The van der Waals surface area contributed by atoms with E-state index in [9.17, 15) is 8.42 Å². The monoisotopic (exact) mass is 243 g/mol. The summed E-state index contributed by atoms with van der Waals surface area (Å²) in [5.41, 5.74) is 0. The fourth-order valence-electron chi connectivity index (χ4n) is 1.62. The zero-order chi connectivity index (χ0) is 11.6. The third kappa shape index (κ3) is 2.31. The Morgan fingerprint density at radius 3 is 2.69 bits per heavy atom. The molecule has 0 atom stereocenters. The number of primary sulfonamides is 1. The van der Waals surface area contributed by atoms with Gasteiger partial charge < -0.3 is 9.64 Å². The highest BCUT2D eigenvalue weighted by molar-refractivity contribution is 7.89. The van der Waals surface area contributed by atoms with Crippen LogP contribution in [-0.4, -0.2) is 39.7 Å². The molecule has 1 fully saturated rings. The summed E-state index contributed by atoms with van der Waals surface area (Å²) in [7, 11) is -3.73. The quantitative estimate of drug-likeness (QED) is 0.761. The molecule has 1 aromatic rings. The van der Waals surface area contributed by atoms with Crippen LogP contribution in [0, 0.1) is 0 Å². The van der Waals surface area contributed by atoms with E-state index < -0.39 is 10.0 Å². The van der Waals surface area contributed by atoms with Crippen molar-refractivity contribution in [3.63, 3.8) is 0 Å². The largest absolute Gasteiger partial charge is 0.378 e. The molecule has 2 N–H and O–H groups in total. The van der Waals surface area contributed by atoms with Crippen molar-refractivity contribution < 1.29 is 13.2 Å². The number of pyridine rings is 1. The zero-order valence-corrected chi connectivity index (χ0v) is 9.48. The molecule has 1 aliphatic heterocycles. The van der Waals surface area contributed by atoms with E-state index in [1.807, 2.05) is 4.90 Å². The molecule has 0 aliphatic carbocycles. The first-order chi connectivity index (χ1) is 7.59. The summed E-state index contributed by atoms with van der Waals surface area (Å²) in [5.74, 6) is 0.410. The van der Waals surface area contributed by atoms with Crippen molar-refractivity contribution in [1.29, 1.82) is 0 Å². The number of aromatic nitrogens is 1. The van der Waals surface area contributed by atoms with Gasteiger partial charge in [-0.1, -0.05) is 0 Å². The van der Waals surface area contributed by atoms with E-state index >= 15 is 0 Å². The number of nitrogens with zero attached hydrogens (tertiary/aromatic N) is 2. The molecule has 6 nitrogen and oxygen atoms in total. The van der Waals surface area contributed by atoms with Crippen LogP contribution in [0.1, 0.15) is 0 Å². The molecular formula is C9H13N3O3S.